The molecule has 2 aliphatic rings. The summed E-state index contributed by atoms with van der Waals surface area (Å²) in [6, 6.07) is 7.22. The number of ether oxygens (including phenoxy) is 2. The van der Waals surface area contributed by atoms with E-state index in [1.807, 2.05) is 0 Å². The van der Waals surface area contributed by atoms with Crippen molar-refractivity contribution in [1.29, 1.82) is 5.26 Å². The minimum Gasteiger partial charge on any atom is -0.465 e. The monoisotopic (exact) mass is 454 g/mol. The van der Waals surface area contributed by atoms with Gasteiger partial charge in [0, 0.05) is 6.42 Å². The van der Waals surface area contributed by atoms with Crippen LogP contribution in [0.5, 0.6) is 11.5 Å². The molecule has 1 N–H and O–H groups in total. The van der Waals surface area contributed by atoms with Gasteiger partial charge in [-0.2, -0.15) is 5.26 Å². The Bertz CT molecular complexity index is 1390. The van der Waals surface area contributed by atoms with Gasteiger partial charge in [-0.15, -0.1) is 0 Å². The zero-order valence-electron chi connectivity index (χ0n) is 17.0. The topological polar surface area (TPSA) is 118 Å². The lowest BCUT2D eigenvalue weighted by Gasteiger charge is -2.45. The van der Waals surface area contributed by atoms with Crippen LogP contribution in [0.15, 0.2) is 41.5 Å². The fraction of sp³-hybridized carbons (Fsp3) is 0.273. The Kier molecular flexibility index (Phi) is 4.75. The number of hydrogen-bond acceptors (Lipinski definition) is 6. The van der Waals surface area contributed by atoms with Crippen molar-refractivity contribution in [3.8, 4) is 17.6 Å². The number of fused-ring (bicyclic) bond motifs is 1. The zero-order chi connectivity index (χ0) is 23.3. The number of hydrogen-bond donors (Lipinski definition) is 1. The van der Waals surface area contributed by atoms with Gasteiger partial charge < -0.3 is 19.5 Å². The number of amides is 1. The minimum atomic E-state index is -1.01. The highest BCUT2D eigenvalue weighted by Gasteiger charge is 2.52. The summed E-state index contributed by atoms with van der Waals surface area (Å²) in [7, 11) is 0. The first kappa shape index (κ1) is 20.8. The molecule has 2 saturated heterocycles. The van der Waals surface area contributed by atoms with Crippen LogP contribution in [0.3, 0.4) is 0 Å². The molecule has 1 spiro atoms. The molecule has 0 radical (unpaired) electrons. The number of rotatable bonds is 3. The SMILES string of the molecule is N#Cc1c(F)ccc(F)c1Oc1ccc2ncn(C3COC4(C3)CN(C(=O)O)C4)c(=O)c2c1. The van der Waals surface area contributed by atoms with Gasteiger partial charge in [-0.05, 0) is 30.3 Å². The number of likely N-dealkylation sites (tertiary alicyclic amines) is 1. The van der Waals surface area contributed by atoms with E-state index in [0.717, 1.165) is 12.1 Å². The first-order valence-electron chi connectivity index (χ1n) is 9.99. The third kappa shape index (κ3) is 3.44. The maximum Gasteiger partial charge on any atom is 0.407 e. The summed E-state index contributed by atoms with van der Waals surface area (Å²) >= 11 is 0. The number of nitriles is 1. The second-order valence-electron chi connectivity index (χ2n) is 8.07. The van der Waals surface area contributed by atoms with E-state index in [-0.39, 0.29) is 42.4 Å². The van der Waals surface area contributed by atoms with Crippen LogP contribution in [0.25, 0.3) is 10.9 Å². The van der Waals surface area contributed by atoms with E-state index < -0.39 is 34.6 Å². The molecule has 33 heavy (non-hydrogen) atoms. The highest BCUT2D eigenvalue weighted by molar-refractivity contribution is 5.79. The molecule has 1 atom stereocenters. The molecular weight excluding hydrogens is 438 g/mol. The van der Waals surface area contributed by atoms with Gasteiger partial charge in [0.05, 0.1) is 43.0 Å². The maximum absolute atomic E-state index is 14.2. The molecule has 9 nitrogen and oxygen atoms in total. The van der Waals surface area contributed by atoms with E-state index in [1.165, 1.54) is 34.0 Å². The summed E-state index contributed by atoms with van der Waals surface area (Å²) in [5.74, 6) is -2.37. The van der Waals surface area contributed by atoms with Gasteiger partial charge in [-0.1, -0.05) is 0 Å². The van der Waals surface area contributed by atoms with Gasteiger partial charge in [-0.25, -0.2) is 18.6 Å². The van der Waals surface area contributed by atoms with E-state index in [1.54, 1.807) is 6.07 Å². The predicted molar refractivity (Wildman–Crippen MR) is 109 cm³/mol. The maximum atomic E-state index is 14.2. The zero-order valence-corrected chi connectivity index (χ0v) is 17.0. The Morgan fingerprint density at radius 2 is 2.03 bits per heavy atom. The molecule has 3 aromatic rings. The third-order valence-corrected chi connectivity index (χ3v) is 5.96. The van der Waals surface area contributed by atoms with Gasteiger partial charge in [0.25, 0.3) is 5.56 Å². The first-order chi connectivity index (χ1) is 15.8. The summed E-state index contributed by atoms with van der Waals surface area (Å²) in [4.78, 5) is 29.8. The van der Waals surface area contributed by atoms with Crippen LogP contribution in [0.4, 0.5) is 13.6 Å². The van der Waals surface area contributed by atoms with Crippen LogP contribution in [0, 0.1) is 23.0 Å². The van der Waals surface area contributed by atoms with Crippen molar-refractivity contribution in [2.75, 3.05) is 19.7 Å². The molecule has 2 fully saturated rings. The lowest BCUT2D eigenvalue weighted by Crippen LogP contribution is -2.62. The van der Waals surface area contributed by atoms with E-state index in [2.05, 4.69) is 4.98 Å². The molecule has 1 amide bonds. The lowest BCUT2D eigenvalue weighted by molar-refractivity contribution is -0.0981. The number of aromatic nitrogens is 2. The van der Waals surface area contributed by atoms with Crippen LogP contribution < -0.4 is 10.3 Å². The molecule has 5 rings (SSSR count). The second kappa shape index (κ2) is 7.53. The second-order valence-corrected chi connectivity index (χ2v) is 8.07. The number of benzene rings is 2. The average Bonchev–Trinajstić information content (AvgIpc) is 3.22. The average molecular weight is 454 g/mol. The molecule has 2 aromatic carbocycles. The number of carbonyl (C=O) groups is 1. The molecule has 11 heteroatoms. The minimum absolute atomic E-state index is 0.0374. The first-order valence-corrected chi connectivity index (χ1v) is 9.99. The Balaban J connectivity index is 1.45. The Hall–Kier alpha value is -4.04. The fourth-order valence-electron chi connectivity index (χ4n) is 4.30. The van der Waals surface area contributed by atoms with E-state index >= 15 is 0 Å². The van der Waals surface area contributed by atoms with Gasteiger partial charge in [-0.3, -0.25) is 9.36 Å². The van der Waals surface area contributed by atoms with Crippen molar-refractivity contribution in [2.24, 2.45) is 0 Å². The van der Waals surface area contributed by atoms with Crippen molar-refractivity contribution < 1.29 is 28.2 Å². The summed E-state index contributed by atoms with van der Waals surface area (Å²) in [5, 5.41) is 18.4. The number of halogens is 2. The van der Waals surface area contributed by atoms with Crippen molar-refractivity contribution in [1.82, 2.24) is 14.5 Å². The fourth-order valence-corrected chi connectivity index (χ4v) is 4.30. The summed E-state index contributed by atoms with van der Waals surface area (Å²) in [6.45, 7) is 0.719. The summed E-state index contributed by atoms with van der Waals surface area (Å²) < 4.78 is 40.7. The van der Waals surface area contributed by atoms with Gasteiger partial charge in [0.1, 0.15) is 28.8 Å². The lowest BCUT2D eigenvalue weighted by atomic mass is 9.90. The molecule has 168 valence electrons. The Morgan fingerprint density at radius 1 is 1.27 bits per heavy atom. The van der Waals surface area contributed by atoms with Crippen molar-refractivity contribution in [3.05, 3.63) is 64.2 Å². The molecule has 0 saturated carbocycles. The molecule has 2 aliphatic heterocycles. The third-order valence-electron chi connectivity index (χ3n) is 5.96. The largest absolute Gasteiger partial charge is 0.465 e. The van der Waals surface area contributed by atoms with Crippen LogP contribution in [0.1, 0.15) is 18.0 Å². The standard InChI is InChI=1S/C22H16F2N4O5/c23-16-2-3-17(24)19(15(16)7-25)33-13-1-4-18-14(5-13)20(29)28(11-26-18)12-6-22(32-8-12)9-27(10-22)21(30)31/h1-5,11-12H,6,8-10H2,(H,30,31). The van der Waals surface area contributed by atoms with Crippen LogP contribution in [0.2, 0.25) is 0 Å². The van der Waals surface area contributed by atoms with Crippen molar-refractivity contribution in [3.63, 3.8) is 0 Å². The smallest absolute Gasteiger partial charge is 0.407 e. The van der Waals surface area contributed by atoms with Crippen LogP contribution >= 0.6 is 0 Å². The van der Waals surface area contributed by atoms with Gasteiger partial charge in [0.15, 0.2) is 11.6 Å². The van der Waals surface area contributed by atoms with Gasteiger partial charge >= 0.3 is 6.09 Å². The summed E-state index contributed by atoms with van der Waals surface area (Å²) in [6.07, 6.45) is 0.852. The van der Waals surface area contributed by atoms with Crippen molar-refractivity contribution in [2.45, 2.75) is 18.1 Å². The number of nitrogens with zero attached hydrogens (tertiary/aromatic N) is 4. The van der Waals surface area contributed by atoms with E-state index in [9.17, 15) is 18.4 Å². The normalized spacial score (nSPS) is 18.8. The Labute approximate surface area is 185 Å². The highest BCUT2D eigenvalue weighted by atomic mass is 19.1. The molecule has 1 unspecified atom stereocenters. The van der Waals surface area contributed by atoms with Crippen molar-refractivity contribution >= 4 is 17.0 Å². The predicted octanol–water partition coefficient (Wildman–Crippen LogP) is 3.03. The Morgan fingerprint density at radius 3 is 2.76 bits per heavy atom. The van der Waals surface area contributed by atoms with E-state index in [4.69, 9.17) is 19.8 Å². The molecular formula is C22H16F2N4O5. The molecule has 0 bridgehead atoms. The van der Waals surface area contributed by atoms with Crippen LogP contribution in [-0.2, 0) is 4.74 Å². The van der Waals surface area contributed by atoms with E-state index in [0.29, 0.717) is 11.9 Å². The van der Waals surface area contributed by atoms with Gasteiger partial charge in [0.2, 0.25) is 0 Å². The molecule has 3 heterocycles. The number of carboxylic acid groups (broad SMARTS) is 1. The molecule has 0 aliphatic carbocycles. The molecule has 1 aromatic heterocycles. The highest BCUT2D eigenvalue weighted by Crippen LogP contribution is 2.39. The van der Waals surface area contributed by atoms with Crippen LogP contribution in [-0.4, -0.2) is 50.9 Å². The quantitative estimate of drug-likeness (QED) is 0.646. The summed E-state index contributed by atoms with van der Waals surface area (Å²) in [5.41, 5.74) is -1.20.